The third-order valence-electron chi connectivity index (χ3n) is 6.37. The number of unbranched alkanes of at least 4 members (excludes halogenated alkanes) is 3. The van der Waals surface area contributed by atoms with Gasteiger partial charge in [0.1, 0.15) is 0 Å². The number of hydrogen-bond donors (Lipinski definition) is 1. The van der Waals surface area contributed by atoms with Crippen LogP contribution in [-0.2, 0) is 4.74 Å². The van der Waals surface area contributed by atoms with Gasteiger partial charge in [0.15, 0.2) is 0 Å². The fourth-order valence-corrected chi connectivity index (χ4v) is 20.2. The van der Waals surface area contributed by atoms with Gasteiger partial charge in [-0.1, -0.05) is 0 Å². The summed E-state index contributed by atoms with van der Waals surface area (Å²) in [6.07, 6.45) is 12.5. The molecule has 2 rings (SSSR count). The molecule has 1 heterocycles. The van der Waals surface area contributed by atoms with Gasteiger partial charge in [0, 0.05) is 0 Å². The monoisotopic (exact) mass is 444 g/mol. The summed E-state index contributed by atoms with van der Waals surface area (Å²) in [5, 5.41) is 11.4. The van der Waals surface area contributed by atoms with Crippen LogP contribution in [0.3, 0.4) is 0 Å². The molecule has 0 aromatic rings. The summed E-state index contributed by atoms with van der Waals surface area (Å²) >= 11 is -2.33. The predicted octanol–water partition coefficient (Wildman–Crippen LogP) is 6.01. The van der Waals surface area contributed by atoms with Gasteiger partial charge in [-0.25, -0.2) is 0 Å². The minimum atomic E-state index is -2.33. The van der Waals surface area contributed by atoms with Crippen molar-refractivity contribution < 1.29 is 9.84 Å². The van der Waals surface area contributed by atoms with Crippen molar-refractivity contribution in [1.82, 2.24) is 0 Å². The van der Waals surface area contributed by atoms with Crippen LogP contribution in [0, 0.1) is 0 Å². The summed E-state index contributed by atoms with van der Waals surface area (Å²) in [5.41, 5.74) is 0.705. The Hall–Kier alpha value is 0.459. The Kier molecular flexibility index (Phi) is 8.62. The molecule has 2 atom stereocenters. The normalized spacial score (nSPS) is 29.2. The van der Waals surface area contributed by atoms with E-state index in [9.17, 15) is 5.11 Å². The number of ether oxygens (including phenoxy) is 1. The summed E-state index contributed by atoms with van der Waals surface area (Å²) in [5.74, 6) is 0. The Morgan fingerprint density at radius 2 is 1.62 bits per heavy atom. The molecule has 1 aliphatic carbocycles. The van der Waals surface area contributed by atoms with Crippen LogP contribution < -0.4 is 0 Å². The first-order valence-corrected chi connectivity index (χ1v) is 18.4. The van der Waals surface area contributed by atoms with Crippen molar-refractivity contribution >= 4 is 18.4 Å². The van der Waals surface area contributed by atoms with E-state index in [0.717, 1.165) is 19.3 Å². The molecule has 1 aliphatic heterocycles. The molecular formula is C21H40O2Sn. The molecule has 1 N–H and O–H groups in total. The van der Waals surface area contributed by atoms with Crippen LogP contribution >= 0.6 is 0 Å². The number of fused-ring (bicyclic) bond motifs is 1. The van der Waals surface area contributed by atoms with Crippen LogP contribution in [0.1, 0.15) is 85.0 Å². The van der Waals surface area contributed by atoms with Crippen LogP contribution in [0.15, 0.2) is 9.67 Å². The second-order valence-electron chi connectivity index (χ2n) is 8.31. The first-order valence-electron chi connectivity index (χ1n) is 10.7. The van der Waals surface area contributed by atoms with Crippen molar-refractivity contribution in [3.05, 3.63) is 9.67 Å². The molecule has 2 fully saturated rings. The molecule has 0 spiro atoms. The SMILES string of the molecule is CCC[CH2][Sn]([CH]=C1COC2CCCCC12O)([CH2]CCC)[CH2]CCC. The Morgan fingerprint density at radius 1 is 1.04 bits per heavy atom. The van der Waals surface area contributed by atoms with Crippen molar-refractivity contribution in [2.24, 2.45) is 0 Å². The molecule has 0 bridgehead atoms. The topological polar surface area (TPSA) is 29.5 Å². The Bertz CT molecular complexity index is 385. The van der Waals surface area contributed by atoms with E-state index in [1.807, 2.05) is 0 Å². The van der Waals surface area contributed by atoms with Gasteiger partial charge in [-0.3, -0.25) is 0 Å². The molecule has 24 heavy (non-hydrogen) atoms. The zero-order chi connectivity index (χ0) is 17.5. The van der Waals surface area contributed by atoms with E-state index in [2.05, 4.69) is 24.9 Å². The van der Waals surface area contributed by atoms with Crippen molar-refractivity contribution in [3.8, 4) is 0 Å². The summed E-state index contributed by atoms with van der Waals surface area (Å²) in [7, 11) is 0. The van der Waals surface area contributed by atoms with E-state index in [0.29, 0.717) is 6.61 Å². The molecular weight excluding hydrogens is 403 g/mol. The van der Waals surface area contributed by atoms with Crippen molar-refractivity contribution in [2.45, 2.75) is 110 Å². The number of aliphatic hydroxyl groups is 1. The van der Waals surface area contributed by atoms with Crippen molar-refractivity contribution in [2.75, 3.05) is 6.61 Å². The summed E-state index contributed by atoms with van der Waals surface area (Å²) in [4.78, 5) is 0. The molecule has 2 nitrogen and oxygen atoms in total. The fourth-order valence-electron chi connectivity index (χ4n) is 4.74. The quantitative estimate of drug-likeness (QED) is 0.420. The van der Waals surface area contributed by atoms with Gasteiger partial charge in [0.2, 0.25) is 0 Å². The standard InChI is InChI=1S/C9H13O2.3C4H9.Sn/c1-7-6-11-8-4-2-3-5-9(7,8)10;3*1-3-4-2;/h1,8,10H,2-6H2;3*1,3-4H2,2H3;. The molecule has 0 radical (unpaired) electrons. The van der Waals surface area contributed by atoms with Crippen molar-refractivity contribution in [3.63, 3.8) is 0 Å². The zero-order valence-corrected chi connectivity index (χ0v) is 19.3. The van der Waals surface area contributed by atoms with Crippen LogP contribution in [-0.4, -0.2) is 41.8 Å². The Morgan fingerprint density at radius 3 is 2.17 bits per heavy atom. The molecule has 2 unspecified atom stereocenters. The Balaban J connectivity index is 2.26. The molecule has 0 aromatic carbocycles. The van der Waals surface area contributed by atoms with Crippen LogP contribution in [0.2, 0.25) is 13.3 Å². The van der Waals surface area contributed by atoms with E-state index in [-0.39, 0.29) is 6.10 Å². The first kappa shape index (κ1) is 20.8. The summed E-state index contributed by atoms with van der Waals surface area (Å²) in [6, 6.07) is 0. The molecule has 0 aromatic heterocycles. The van der Waals surface area contributed by atoms with Crippen LogP contribution in [0.25, 0.3) is 0 Å². The molecule has 3 heteroatoms. The summed E-state index contributed by atoms with van der Waals surface area (Å²) < 4.78 is 13.2. The fraction of sp³-hybridized carbons (Fsp3) is 0.905. The van der Waals surface area contributed by atoms with Gasteiger partial charge in [-0.2, -0.15) is 0 Å². The van der Waals surface area contributed by atoms with Crippen LogP contribution in [0.4, 0.5) is 0 Å². The number of rotatable bonds is 10. The van der Waals surface area contributed by atoms with E-state index in [1.54, 1.807) is 0 Å². The molecule has 1 saturated heterocycles. The number of hydrogen-bond acceptors (Lipinski definition) is 2. The Labute approximate surface area is 154 Å². The van der Waals surface area contributed by atoms with E-state index in [4.69, 9.17) is 4.74 Å². The average Bonchev–Trinajstić information content (AvgIpc) is 2.92. The molecule has 1 saturated carbocycles. The van der Waals surface area contributed by atoms with Crippen LogP contribution in [0.5, 0.6) is 0 Å². The van der Waals surface area contributed by atoms with Gasteiger partial charge in [-0.05, 0) is 0 Å². The van der Waals surface area contributed by atoms with Gasteiger partial charge < -0.3 is 0 Å². The summed E-state index contributed by atoms with van der Waals surface area (Å²) in [6.45, 7) is 7.69. The molecule has 140 valence electrons. The van der Waals surface area contributed by atoms with E-state index >= 15 is 0 Å². The second kappa shape index (κ2) is 9.96. The third-order valence-corrected chi connectivity index (χ3v) is 20.7. The maximum atomic E-state index is 11.4. The van der Waals surface area contributed by atoms with E-state index < -0.39 is 24.0 Å². The van der Waals surface area contributed by atoms with Gasteiger partial charge in [0.25, 0.3) is 0 Å². The molecule has 2 aliphatic rings. The predicted molar refractivity (Wildman–Crippen MR) is 106 cm³/mol. The second-order valence-corrected chi connectivity index (χ2v) is 21.2. The van der Waals surface area contributed by atoms with Gasteiger partial charge in [-0.15, -0.1) is 0 Å². The minimum absolute atomic E-state index is 0.0880. The van der Waals surface area contributed by atoms with Crippen molar-refractivity contribution in [1.29, 1.82) is 0 Å². The molecule has 0 amide bonds. The van der Waals surface area contributed by atoms with Gasteiger partial charge >= 0.3 is 154 Å². The average molecular weight is 443 g/mol. The van der Waals surface area contributed by atoms with Gasteiger partial charge in [0.05, 0.1) is 0 Å². The third kappa shape index (κ3) is 5.00. The zero-order valence-electron chi connectivity index (χ0n) is 16.4. The van der Waals surface area contributed by atoms with E-state index in [1.165, 1.54) is 63.8 Å². The maximum absolute atomic E-state index is 11.4. The first-order chi connectivity index (χ1) is 11.6.